The van der Waals surface area contributed by atoms with E-state index in [1.54, 1.807) is 28.9 Å². The summed E-state index contributed by atoms with van der Waals surface area (Å²) in [4.78, 5) is 25.6. The van der Waals surface area contributed by atoms with E-state index < -0.39 is 5.69 Å². The van der Waals surface area contributed by atoms with Crippen molar-refractivity contribution in [1.82, 2.24) is 24.6 Å². The van der Waals surface area contributed by atoms with Crippen molar-refractivity contribution in [1.29, 1.82) is 0 Å². The summed E-state index contributed by atoms with van der Waals surface area (Å²) in [5.74, 6) is -0.0455. The molecule has 0 bridgehead atoms. The number of hydrogen-bond donors (Lipinski definition) is 4. The predicted octanol–water partition coefficient (Wildman–Crippen LogP) is 1.25. The Morgan fingerprint density at radius 1 is 1.33 bits per heavy atom. The van der Waals surface area contributed by atoms with Gasteiger partial charge < -0.3 is 15.4 Å². The number of rotatable bonds is 4. The second-order valence-electron chi connectivity index (χ2n) is 7.27. The average Bonchev–Trinajstić information content (AvgIpc) is 3.33. The van der Waals surface area contributed by atoms with Gasteiger partial charge in [-0.15, -0.1) is 0 Å². The van der Waals surface area contributed by atoms with Gasteiger partial charge in [-0.3, -0.25) is 9.98 Å². The van der Waals surface area contributed by atoms with Gasteiger partial charge in [0.1, 0.15) is 17.3 Å². The molecule has 1 aliphatic rings. The summed E-state index contributed by atoms with van der Waals surface area (Å²) in [6.07, 6.45) is 5.23. The molecule has 3 aromatic heterocycles. The molecule has 1 aliphatic carbocycles. The van der Waals surface area contributed by atoms with E-state index in [0.717, 1.165) is 24.1 Å². The van der Waals surface area contributed by atoms with Gasteiger partial charge in [0, 0.05) is 17.0 Å². The normalized spacial score (nSPS) is 15.3. The molecule has 4 N–H and O–H groups in total. The van der Waals surface area contributed by atoms with Gasteiger partial charge in [0.25, 0.3) is 0 Å². The van der Waals surface area contributed by atoms with Crippen molar-refractivity contribution in [3.05, 3.63) is 68.7 Å². The summed E-state index contributed by atoms with van der Waals surface area (Å²) in [5, 5.41) is 18.0. The molecule has 0 amide bonds. The number of aromatic nitrogens is 5. The molecule has 0 atom stereocenters. The largest absolute Gasteiger partial charge is 0.493 e. The number of hydrogen-bond acceptors (Lipinski definition) is 6. The molecule has 0 spiro atoms. The average molecular weight is 407 g/mol. The molecule has 30 heavy (non-hydrogen) atoms. The Hall–Kier alpha value is -3.95. The van der Waals surface area contributed by atoms with Gasteiger partial charge in [-0.05, 0) is 49.6 Å². The van der Waals surface area contributed by atoms with Crippen LogP contribution in [0.3, 0.4) is 0 Å². The van der Waals surface area contributed by atoms with Crippen LogP contribution in [-0.4, -0.2) is 35.7 Å². The summed E-state index contributed by atoms with van der Waals surface area (Å²) in [5.41, 5.74) is 2.32. The number of anilines is 2. The zero-order valence-corrected chi connectivity index (χ0v) is 16.0. The maximum absolute atomic E-state index is 13.4. The van der Waals surface area contributed by atoms with Crippen molar-refractivity contribution in [3.63, 3.8) is 0 Å². The second-order valence-corrected chi connectivity index (χ2v) is 7.27. The lowest BCUT2D eigenvalue weighted by Crippen LogP contribution is -2.20. The van der Waals surface area contributed by atoms with Crippen molar-refractivity contribution >= 4 is 23.2 Å². The summed E-state index contributed by atoms with van der Waals surface area (Å²) < 4.78 is 15.1. The Bertz CT molecular complexity index is 1450. The molecular formula is C20H18FN7O2. The van der Waals surface area contributed by atoms with Crippen LogP contribution in [0.1, 0.15) is 24.1 Å². The fourth-order valence-electron chi connectivity index (χ4n) is 3.17. The lowest BCUT2D eigenvalue weighted by molar-refractivity contribution is 0.454. The van der Waals surface area contributed by atoms with E-state index in [9.17, 15) is 14.3 Å². The maximum Gasteiger partial charge on any atom is 0.326 e. The quantitative estimate of drug-likeness (QED) is 0.405. The Balaban J connectivity index is 1.68. The van der Waals surface area contributed by atoms with Crippen LogP contribution in [0.5, 0.6) is 5.88 Å². The number of aryl methyl sites for hydroxylation is 1. The van der Waals surface area contributed by atoms with Crippen LogP contribution >= 0.6 is 0 Å². The molecule has 1 saturated carbocycles. The summed E-state index contributed by atoms with van der Waals surface area (Å²) in [7, 11) is 0. The van der Waals surface area contributed by atoms with Crippen LogP contribution in [0.25, 0.3) is 11.7 Å². The van der Waals surface area contributed by atoms with Gasteiger partial charge in [0.05, 0.1) is 12.2 Å². The van der Waals surface area contributed by atoms with Crippen molar-refractivity contribution in [2.45, 2.75) is 25.8 Å². The lowest BCUT2D eigenvalue weighted by Gasteiger charge is -2.09. The number of H-pyrrole nitrogens is 2. The van der Waals surface area contributed by atoms with Crippen LogP contribution in [0.15, 0.2) is 40.2 Å². The first kappa shape index (κ1) is 18.1. The highest BCUT2D eigenvalue weighted by molar-refractivity contribution is 5.63. The van der Waals surface area contributed by atoms with Crippen LogP contribution in [0.4, 0.5) is 15.9 Å². The Morgan fingerprint density at radius 3 is 2.87 bits per heavy atom. The van der Waals surface area contributed by atoms with Crippen LogP contribution < -0.4 is 21.7 Å². The smallest absolute Gasteiger partial charge is 0.326 e. The van der Waals surface area contributed by atoms with Gasteiger partial charge >= 0.3 is 5.69 Å². The van der Waals surface area contributed by atoms with Gasteiger partial charge in [0.15, 0.2) is 11.1 Å². The molecule has 0 radical (unpaired) electrons. The van der Waals surface area contributed by atoms with Crippen LogP contribution in [0, 0.1) is 12.7 Å². The highest BCUT2D eigenvalue weighted by atomic mass is 19.1. The molecule has 4 aromatic rings. The number of imidazole rings is 1. The molecule has 5 rings (SSSR count). The predicted molar refractivity (Wildman–Crippen MR) is 108 cm³/mol. The standard InChI is InChI=1S/C20H18FN7O2/c1-10-6-12(21)2-5-14(10)24-16-8-17(23-13-3-4-13)28-18(26-16)11(9-22-28)7-15-19(29)27-20(30)25-15/h2,5-9,13,24,29H,3-4H2,1H3,(H2,25,27,30)/b11-7+,23-17?. The molecule has 152 valence electrons. The van der Waals surface area contributed by atoms with Crippen molar-refractivity contribution in [3.8, 4) is 5.88 Å². The van der Waals surface area contributed by atoms with E-state index in [-0.39, 0.29) is 23.4 Å². The fourth-order valence-corrected chi connectivity index (χ4v) is 3.17. The number of fused-ring (bicyclic) bond motifs is 1. The summed E-state index contributed by atoms with van der Waals surface area (Å²) in [6.45, 7) is 1.81. The van der Waals surface area contributed by atoms with Crippen molar-refractivity contribution in [2.24, 2.45) is 4.99 Å². The molecule has 3 heterocycles. The third-order valence-electron chi connectivity index (χ3n) is 4.83. The van der Waals surface area contributed by atoms with E-state index >= 15 is 0 Å². The fraction of sp³-hybridized carbons (Fsp3) is 0.200. The number of benzene rings is 1. The number of nitrogens with zero attached hydrogens (tertiary/aromatic N) is 4. The van der Waals surface area contributed by atoms with E-state index in [4.69, 9.17) is 4.99 Å². The monoisotopic (exact) mass is 407 g/mol. The van der Waals surface area contributed by atoms with Gasteiger partial charge in [-0.25, -0.2) is 14.2 Å². The highest BCUT2D eigenvalue weighted by Gasteiger charge is 2.20. The highest BCUT2D eigenvalue weighted by Crippen LogP contribution is 2.23. The third kappa shape index (κ3) is 3.43. The number of halogens is 1. The SMILES string of the molecule is Cc1cc(F)ccc1Nc1cc(=NC2CC2)n2nc/c(=C\c3[nH]c(=O)[nH]c3O)c2n1. The topological polar surface area (TPSA) is 123 Å². The molecule has 9 nitrogen and oxygen atoms in total. The Kier molecular flexibility index (Phi) is 4.12. The number of aromatic amines is 2. The molecule has 0 aliphatic heterocycles. The zero-order chi connectivity index (χ0) is 20.8. The molecule has 0 unspecified atom stereocenters. The van der Waals surface area contributed by atoms with Crippen molar-refractivity contribution in [2.75, 3.05) is 5.32 Å². The van der Waals surface area contributed by atoms with Crippen molar-refractivity contribution < 1.29 is 9.50 Å². The molecular weight excluding hydrogens is 389 g/mol. The Labute approximate surface area is 168 Å². The van der Waals surface area contributed by atoms with Gasteiger partial charge in [-0.2, -0.15) is 9.61 Å². The van der Waals surface area contributed by atoms with E-state index in [1.165, 1.54) is 12.1 Å². The minimum atomic E-state index is -0.512. The number of nitrogens with one attached hydrogen (secondary N) is 3. The minimum absolute atomic E-state index is 0.227. The van der Waals surface area contributed by atoms with Gasteiger partial charge in [-0.1, -0.05) is 0 Å². The number of aromatic hydroxyl groups is 1. The first-order valence-electron chi connectivity index (χ1n) is 9.45. The minimum Gasteiger partial charge on any atom is -0.493 e. The molecule has 10 heteroatoms. The second kappa shape index (κ2) is 6.83. The Morgan fingerprint density at radius 2 is 2.17 bits per heavy atom. The lowest BCUT2D eigenvalue weighted by atomic mass is 10.2. The maximum atomic E-state index is 13.4. The van der Waals surface area contributed by atoms with Crippen LogP contribution in [-0.2, 0) is 0 Å². The van der Waals surface area contributed by atoms with Gasteiger partial charge in [0.2, 0.25) is 5.88 Å². The first-order chi connectivity index (χ1) is 14.5. The zero-order valence-electron chi connectivity index (χ0n) is 16.0. The first-order valence-corrected chi connectivity index (χ1v) is 9.45. The van der Waals surface area contributed by atoms with E-state index in [0.29, 0.717) is 22.2 Å². The van der Waals surface area contributed by atoms with Crippen LogP contribution in [0.2, 0.25) is 0 Å². The molecule has 1 aromatic carbocycles. The summed E-state index contributed by atoms with van der Waals surface area (Å²) in [6, 6.07) is 6.53. The van der Waals surface area contributed by atoms with E-state index in [1.807, 2.05) is 6.92 Å². The third-order valence-corrected chi connectivity index (χ3v) is 4.83. The molecule has 0 saturated heterocycles. The van der Waals surface area contributed by atoms with E-state index in [2.05, 4.69) is 25.4 Å². The molecule has 1 fully saturated rings. The summed E-state index contributed by atoms with van der Waals surface area (Å²) >= 11 is 0.